The Balaban J connectivity index is 2.13. The van der Waals surface area contributed by atoms with E-state index < -0.39 is 0 Å². The fourth-order valence-corrected chi connectivity index (χ4v) is 1.43. The minimum atomic E-state index is 0.498. The summed E-state index contributed by atoms with van der Waals surface area (Å²) in [6, 6.07) is 7.58. The van der Waals surface area contributed by atoms with Gasteiger partial charge in [-0.1, -0.05) is 6.92 Å². The summed E-state index contributed by atoms with van der Waals surface area (Å²) in [6.45, 7) is 4.52. The van der Waals surface area contributed by atoms with E-state index in [1.54, 1.807) is 7.11 Å². The number of hydrogen-bond donors (Lipinski definition) is 1. The van der Waals surface area contributed by atoms with Crippen molar-refractivity contribution in [2.75, 3.05) is 32.7 Å². The second-order valence-electron chi connectivity index (χ2n) is 3.99. The maximum atomic E-state index is 5.71. The van der Waals surface area contributed by atoms with Crippen LogP contribution in [0.5, 0.6) is 11.5 Å². The fourth-order valence-electron chi connectivity index (χ4n) is 1.32. The van der Waals surface area contributed by atoms with Crippen molar-refractivity contribution in [1.29, 1.82) is 0 Å². The van der Waals surface area contributed by atoms with Crippen molar-refractivity contribution in [3.63, 3.8) is 0 Å². The molecule has 0 aliphatic rings. The third-order valence-electron chi connectivity index (χ3n) is 2.36. The molecule has 0 saturated carbocycles. The van der Waals surface area contributed by atoms with E-state index in [9.17, 15) is 0 Å². The molecule has 1 N–H and O–H groups in total. The molecule has 4 heteroatoms. The van der Waals surface area contributed by atoms with Crippen molar-refractivity contribution < 1.29 is 9.47 Å². The zero-order valence-corrected chi connectivity index (χ0v) is 11.2. The van der Waals surface area contributed by atoms with E-state index in [0.717, 1.165) is 24.6 Å². The van der Waals surface area contributed by atoms with Crippen LogP contribution in [0.25, 0.3) is 0 Å². The quantitative estimate of drug-likeness (QED) is 0.574. The Labute approximate surface area is 108 Å². The highest BCUT2D eigenvalue weighted by molar-refractivity contribution is 6.18. The monoisotopic (exact) mass is 257 g/mol. The van der Waals surface area contributed by atoms with Gasteiger partial charge in [-0.05, 0) is 36.7 Å². The second-order valence-corrected chi connectivity index (χ2v) is 4.30. The highest BCUT2D eigenvalue weighted by Crippen LogP contribution is 2.16. The largest absolute Gasteiger partial charge is 0.497 e. The van der Waals surface area contributed by atoms with Gasteiger partial charge < -0.3 is 14.8 Å². The smallest absolute Gasteiger partial charge is 0.119 e. The van der Waals surface area contributed by atoms with Crippen LogP contribution in [-0.4, -0.2) is 32.7 Å². The lowest BCUT2D eigenvalue weighted by Crippen LogP contribution is -2.26. The first-order valence-electron chi connectivity index (χ1n) is 5.79. The van der Waals surface area contributed by atoms with E-state index in [1.165, 1.54) is 0 Å². The van der Waals surface area contributed by atoms with Crippen molar-refractivity contribution in [2.45, 2.75) is 6.92 Å². The van der Waals surface area contributed by atoms with E-state index in [-0.39, 0.29) is 0 Å². The fraction of sp³-hybridized carbons (Fsp3) is 0.538. The third kappa shape index (κ3) is 5.80. The summed E-state index contributed by atoms with van der Waals surface area (Å²) in [5.74, 6) is 2.88. The number of alkyl halides is 1. The number of hydrogen-bond acceptors (Lipinski definition) is 3. The Morgan fingerprint density at radius 2 is 1.88 bits per heavy atom. The van der Waals surface area contributed by atoms with Crippen LogP contribution < -0.4 is 14.8 Å². The standard InChI is InChI=1S/C13H20ClNO2/c1-11(9-14)10-15-7-8-17-13-5-3-12(16-2)4-6-13/h3-6,11,15H,7-10H2,1-2H3. The van der Waals surface area contributed by atoms with Crippen LogP contribution in [0.15, 0.2) is 24.3 Å². The molecule has 0 radical (unpaired) electrons. The van der Waals surface area contributed by atoms with Crippen molar-refractivity contribution in [1.82, 2.24) is 5.32 Å². The highest BCUT2D eigenvalue weighted by atomic mass is 35.5. The molecule has 0 aromatic heterocycles. The first-order valence-corrected chi connectivity index (χ1v) is 6.33. The molecule has 96 valence electrons. The number of nitrogens with one attached hydrogen (secondary N) is 1. The van der Waals surface area contributed by atoms with Crippen LogP contribution in [0.1, 0.15) is 6.92 Å². The van der Waals surface area contributed by atoms with Crippen LogP contribution in [0.3, 0.4) is 0 Å². The molecule has 0 saturated heterocycles. The van der Waals surface area contributed by atoms with Crippen LogP contribution in [0, 0.1) is 5.92 Å². The molecule has 0 bridgehead atoms. The zero-order valence-electron chi connectivity index (χ0n) is 10.4. The summed E-state index contributed by atoms with van der Waals surface area (Å²) < 4.78 is 10.6. The van der Waals surface area contributed by atoms with Gasteiger partial charge in [0, 0.05) is 12.4 Å². The number of methoxy groups -OCH3 is 1. The Bertz CT molecular complexity index is 303. The highest BCUT2D eigenvalue weighted by Gasteiger charge is 1.99. The lowest BCUT2D eigenvalue weighted by molar-refractivity contribution is 0.310. The summed E-state index contributed by atoms with van der Waals surface area (Å²) in [7, 11) is 1.65. The van der Waals surface area contributed by atoms with E-state index >= 15 is 0 Å². The maximum absolute atomic E-state index is 5.71. The molecule has 0 amide bonds. The van der Waals surface area contributed by atoms with Gasteiger partial charge >= 0.3 is 0 Å². The first kappa shape index (κ1) is 14.1. The third-order valence-corrected chi connectivity index (χ3v) is 2.89. The van der Waals surface area contributed by atoms with Crippen molar-refractivity contribution in [3.8, 4) is 11.5 Å². The summed E-state index contributed by atoms with van der Waals surface area (Å²) in [4.78, 5) is 0. The van der Waals surface area contributed by atoms with Gasteiger partial charge in [0.05, 0.1) is 7.11 Å². The predicted molar refractivity (Wildman–Crippen MR) is 71.2 cm³/mol. The van der Waals surface area contributed by atoms with Gasteiger partial charge in [0.25, 0.3) is 0 Å². The number of ether oxygens (including phenoxy) is 2. The molecule has 3 nitrogen and oxygen atoms in total. The first-order chi connectivity index (χ1) is 8.26. The molecule has 0 heterocycles. The molecular formula is C13H20ClNO2. The van der Waals surface area contributed by atoms with Crippen molar-refractivity contribution in [3.05, 3.63) is 24.3 Å². The van der Waals surface area contributed by atoms with Gasteiger partial charge in [-0.2, -0.15) is 0 Å². The normalized spacial score (nSPS) is 12.2. The SMILES string of the molecule is COc1ccc(OCCNCC(C)CCl)cc1. The summed E-state index contributed by atoms with van der Waals surface area (Å²) in [6.07, 6.45) is 0. The Kier molecular flexibility index (Phi) is 6.82. The predicted octanol–water partition coefficient (Wildman–Crippen LogP) is 2.54. The van der Waals surface area contributed by atoms with Gasteiger partial charge in [0.1, 0.15) is 18.1 Å². The van der Waals surface area contributed by atoms with Crippen LogP contribution >= 0.6 is 11.6 Å². The summed E-state index contributed by atoms with van der Waals surface area (Å²) >= 11 is 5.71. The van der Waals surface area contributed by atoms with Crippen LogP contribution in [-0.2, 0) is 0 Å². The average Bonchev–Trinajstić information content (AvgIpc) is 2.38. The molecule has 0 spiro atoms. The van der Waals surface area contributed by atoms with Crippen LogP contribution in [0.4, 0.5) is 0 Å². The maximum Gasteiger partial charge on any atom is 0.119 e. The molecule has 0 fully saturated rings. The molecule has 17 heavy (non-hydrogen) atoms. The zero-order chi connectivity index (χ0) is 12.5. The minimum Gasteiger partial charge on any atom is -0.497 e. The molecule has 1 rings (SSSR count). The molecule has 0 aliphatic heterocycles. The molecule has 1 unspecified atom stereocenters. The lowest BCUT2D eigenvalue weighted by atomic mass is 10.2. The number of rotatable bonds is 8. The Morgan fingerprint density at radius 1 is 1.24 bits per heavy atom. The van der Waals surface area contributed by atoms with E-state index in [0.29, 0.717) is 18.4 Å². The number of halogens is 1. The van der Waals surface area contributed by atoms with Crippen molar-refractivity contribution in [2.24, 2.45) is 5.92 Å². The Hall–Kier alpha value is -0.930. The van der Waals surface area contributed by atoms with E-state index in [2.05, 4.69) is 12.2 Å². The molecule has 0 aliphatic carbocycles. The number of benzene rings is 1. The molecular weight excluding hydrogens is 238 g/mol. The van der Waals surface area contributed by atoms with Gasteiger partial charge in [0.15, 0.2) is 0 Å². The van der Waals surface area contributed by atoms with E-state index in [1.807, 2.05) is 24.3 Å². The molecule has 1 aromatic rings. The van der Waals surface area contributed by atoms with Gasteiger partial charge in [-0.25, -0.2) is 0 Å². The topological polar surface area (TPSA) is 30.5 Å². The minimum absolute atomic E-state index is 0.498. The van der Waals surface area contributed by atoms with Crippen LogP contribution in [0.2, 0.25) is 0 Å². The lowest BCUT2D eigenvalue weighted by Gasteiger charge is -2.10. The van der Waals surface area contributed by atoms with Gasteiger partial charge in [-0.3, -0.25) is 0 Å². The summed E-state index contributed by atoms with van der Waals surface area (Å²) in [5.41, 5.74) is 0. The van der Waals surface area contributed by atoms with Gasteiger partial charge in [0.2, 0.25) is 0 Å². The molecule has 1 atom stereocenters. The van der Waals surface area contributed by atoms with Crippen molar-refractivity contribution >= 4 is 11.6 Å². The van der Waals surface area contributed by atoms with E-state index in [4.69, 9.17) is 21.1 Å². The van der Waals surface area contributed by atoms with Gasteiger partial charge in [-0.15, -0.1) is 11.6 Å². The molecule has 1 aromatic carbocycles. The second kappa shape index (κ2) is 8.20. The summed E-state index contributed by atoms with van der Waals surface area (Å²) in [5, 5.41) is 3.29. The average molecular weight is 258 g/mol. The Morgan fingerprint density at radius 3 is 2.47 bits per heavy atom.